The SMILES string of the molecule is CCOC(=O)c1csc(NCc2cccc3nc([C@H](CC)NC(=O)OC(C)(C)C)n(-c4ccccc4)c(=O)c23)n1. The minimum Gasteiger partial charge on any atom is -0.461 e. The number of nitrogens with zero attached hydrogens (tertiary/aromatic N) is 3. The van der Waals surface area contributed by atoms with Gasteiger partial charge in [-0.25, -0.2) is 19.6 Å². The van der Waals surface area contributed by atoms with Crippen molar-refractivity contribution in [3.8, 4) is 5.69 Å². The molecule has 1 amide bonds. The van der Waals surface area contributed by atoms with Crippen LogP contribution >= 0.6 is 11.3 Å². The molecule has 4 rings (SSSR count). The van der Waals surface area contributed by atoms with Crippen LogP contribution < -0.4 is 16.2 Å². The van der Waals surface area contributed by atoms with Gasteiger partial charge in [-0.05, 0) is 57.9 Å². The average molecular weight is 564 g/mol. The van der Waals surface area contributed by atoms with E-state index >= 15 is 0 Å². The Hall–Kier alpha value is -4.25. The second-order valence-corrected chi connectivity index (χ2v) is 10.8. The van der Waals surface area contributed by atoms with Crippen molar-refractivity contribution in [1.82, 2.24) is 19.9 Å². The van der Waals surface area contributed by atoms with Gasteiger partial charge in [0, 0.05) is 11.9 Å². The number of para-hydroxylation sites is 1. The molecule has 2 aromatic carbocycles. The van der Waals surface area contributed by atoms with Gasteiger partial charge in [0.1, 0.15) is 11.4 Å². The number of esters is 1. The molecule has 0 aliphatic heterocycles. The van der Waals surface area contributed by atoms with E-state index in [4.69, 9.17) is 14.5 Å². The van der Waals surface area contributed by atoms with Crippen LogP contribution in [0.5, 0.6) is 0 Å². The highest BCUT2D eigenvalue weighted by molar-refractivity contribution is 7.13. The minimum atomic E-state index is -0.672. The van der Waals surface area contributed by atoms with Gasteiger partial charge in [0.05, 0.1) is 29.2 Å². The first-order valence-corrected chi connectivity index (χ1v) is 13.9. The lowest BCUT2D eigenvalue weighted by atomic mass is 10.1. The number of carbonyl (C=O) groups is 2. The van der Waals surface area contributed by atoms with Crippen LogP contribution in [0.25, 0.3) is 16.6 Å². The molecule has 0 unspecified atom stereocenters. The van der Waals surface area contributed by atoms with Gasteiger partial charge in [-0.1, -0.05) is 37.3 Å². The van der Waals surface area contributed by atoms with Gasteiger partial charge < -0.3 is 20.1 Å². The number of alkyl carbamates (subject to hydrolysis) is 1. The van der Waals surface area contributed by atoms with E-state index in [0.29, 0.717) is 39.5 Å². The summed E-state index contributed by atoms with van der Waals surface area (Å²) in [5.74, 6) is -0.0777. The zero-order chi connectivity index (χ0) is 28.9. The van der Waals surface area contributed by atoms with Crippen LogP contribution in [-0.2, 0) is 16.0 Å². The van der Waals surface area contributed by atoms with E-state index in [2.05, 4.69) is 15.6 Å². The molecular weight excluding hydrogens is 530 g/mol. The summed E-state index contributed by atoms with van der Waals surface area (Å²) in [6.07, 6.45) is -0.102. The Bertz CT molecular complexity index is 1560. The molecule has 210 valence electrons. The molecule has 0 saturated carbocycles. The van der Waals surface area contributed by atoms with Gasteiger partial charge >= 0.3 is 12.1 Å². The Kier molecular flexibility index (Phi) is 8.83. The Morgan fingerprint density at radius 3 is 2.48 bits per heavy atom. The molecular formula is C29H33N5O5S. The molecule has 40 heavy (non-hydrogen) atoms. The number of benzene rings is 2. The maximum atomic E-state index is 14.2. The second-order valence-electron chi connectivity index (χ2n) is 9.98. The average Bonchev–Trinajstić information content (AvgIpc) is 3.39. The lowest BCUT2D eigenvalue weighted by Gasteiger charge is -2.25. The number of aromatic nitrogens is 3. The van der Waals surface area contributed by atoms with Gasteiger partial charge in [-0.2, -0.15) is 0 Å². The molecule has 0 bridgehead atoms. The van der Waals surface area contributed by atoms with Crippen molar-refractivity contribution in [2.75, 3.05) is 11.9 Å². The third-order valence-corrected chi connectivity index (χ3v) is 6.65. The van der Waals surface area contributed by atoms with Crippen LogP contribution in [0.1, 0.15) is 69.0 Å². The largest absolute Gasteiger partial charge is 0.461 e. The molecule has 0 spiro atoms. The molecule has 2 heterocycles. The molecule has 0 aliphatic rings. The molecule has 0 radical (unpaired) electrons. The maximum absolute atomic E-state index is 14.2. The van der Waals surface area contributed by atoms with Crippen LogP contribution in [0.15, 0.2) is 58.7 Å². The van der Waals surface area contributed by atoms with E-state index in [1.165, 1.54) is 11.3 Å². The first-order valence-electron chi connectivity index (χ1n) is 13.1. The Balaban J connectivity index is 1.75. The predicted molar refractivity (Wildman–Crippen MR) is 155 cm³/mol. The highest BCUT2D eigenvalue weighted by atomic mass is 32.1. The predicted octanol–water partition coefficient (Wildman–Crippen LogP) is 5.61. The van der Waals surface area contributed by atoms with Crippen molar-refractivity contribution in [2.45, 2.75) is 59.2 Å². The smallest absolute Gasteiger partial charge is 0.408 e. The molecule has 0 aliphatic carbocycles. The van der Waals surface area contributed by atoms with E-state index < -0.39 is 23.7 Å². The van der Waals surface area contributed by atoms with E-state index in [1.807, 2.05) is 49.4 Å². The Morgan fingerprint density at radius 1 is 1.05 bits per heavy atom. The molecule has 2 N–H and O–H groups in total. The summed E-state index contributed by atoms with van der Waals surface area (Å²) in [6, 6.07) is 14.1. The van der Waals surface area contributed by atoms with Crippen molar-refractivity contribution >= 4 is 39.4 Å². The number of thiazole rings is 1. The first-order chi connectivity index (χ1) is 19.1. The summed E-state index contributed by atoms with van der Waals surface area (Å²) in [6.45, 7) is 9.58. The van der Waals surface area contributed by atoms with Gasteiger partial charge in [-0.3, -0.25) is 9.36 Å². The van der Waals surface area contributed by atoms with Crippen molar-refractivity contribution in [2.24, 2.45) is 0 Å². The van der Waals surface area contributed by atoms with Crippen LogP contribution in [-0.4, -0.2) is 38.8 Å². The van der Waals surface area contributed by atoms with Gasteiger partial charge in [0.2, 0.25) is 0 Å². The van der Waals surface area contributed by atoms with Crippen LogP contribution in [0.3, 0.4) is 0 Å². The zero-order valence-electron chi connectivity index (χ0n) is 23.2. The number of ether oxygens (including phenoxy) is 2. The number of amides is 1. The van der Waals surface area contributed by atoms with Crippen molar-refractivity contribution in [3.05, 3.63) is 81.3 Å². The number of rotatable bonds is 9. The number of nitrogens with one attached hydrogen (secondary N) is 2. The fraction of sp³-hybridized carbons (Fsp3) is 0.345. The molecule has 0 fully saturated rings. The van der Waals surface area contributed by atoms with E-state index in [-0.39, 0.29) is 24.4 Å². The van der Waals surface area contributed by atoms with Gasteiger partial charge in [-0.15, -0.1) is 11.3 Å². The molecule has 1 atom stereocenters. The van der Waals surface area contributed by atoms with Crippen molar-refractivity contribution in [3.63, 3.8) is 0 Å². The highest BCUT2D eigenvalue weighted by Gasteiger charge is 2.25. The zero-order valence-corrected chi connectivity index (χ0v) is 24.0. The number of hydrogen-bond acceptors (Lipinski definition) is 9. The normalized spacial score (nSPS) is 12.1. The summed E-state index contributed by atoms with van der Waals surface area (Å²) in [5.41, 5.74) is 1.14. The molecule has 10 nitrogen and oxygen atoms in total. The topological polar surface area (TPSA) is 124 Å². The third-order valence-electron chi connectivity index (χ3n) is 5.85. The molecule has 0 saturated heterocycles. The standard InChI is InChI=1S/C29H33N5O5S/c1-6-20(33-28(37)39-29(3,4)5)24-31-21-15-11-12-18(16-30-27-32-22(17-40-27)26(36)38-7-2)23(21)25(35)34(24)19-13-9-8-10-14-19/h8-15,17,20H,6-7,16H2,1-5H3,(H,30,32)(H,33,37)/t20-/m0/s1. The minimum absolute atomic E-state index is 0.230. The van der Waals surface area contributed by atoms with Crippen LogP contribution in [0, 0.1) is 0 Å². The van der Waals surface area contributed by atoms with E-state index in [1.54, 1.807) is 43.7 Å². The van der Waals surface area contributed by atoms with Gasteiger partial charge in [0.25, 0.3) is 5.56 Å². The Morgan fingerprint density at radius 2 is 1.80 bits per heavy atom. The summed E-state index contributed by atoms with van der Waals surface area (Å²) in [5, 5.41) is 8.68. The van der Waals surface area contributed by atoms with Crippen molar-refractivity contribution < 1.29 is 19.1 Å². The summed E-state index contributed by atoms with van der Waals surface area (Å²) in [7, 11) is 0. The lowest BCUT2D eigenvalue weighted by Crippen LogP contribution is -2.38. The molecule has 2 aromatic heterocycles. The van der Waals surface area contributed by atoms with Crippen molar-refractivity contribution in [1.29, 1.82) is 0 Å². The highest BCUT2D eigenvalue weighted by Crippen LogP contribution is 2.24. The number of fused-ring (bicyclic) bond motifs is 1. The molecule has 11 heteroatoms. The van der Waals surface area contributed by atoms with Crippen LogP contribution in [0.2, 0.25) is 0 Å². The second kappa shape index (κ2) is 12.3. The maximum Gasteiger partial charge on any atom is 0.408 e. The summed E-state index contributed by atoms with van der Waals surface area (Å²) < 4.78 is 12.0. The summed E-state index contributed by atoms with van der Waals surface area (Å²) >= 11 is 1.28. The Labute approximate surface area is 236 Å². The van der Waals surface area contributed by atoms with Crippen LogP contribution in [0.4, 0.5) is 9.93 Å². The van der Waals surface area contributed by atoms with E-state index in [9.17, 15) is 14.4 Å². The number of anilines is 1. The number of hydrogen-bond donors (Lipinski definition) is 2. The fourth-order valence-electron chi connectivity index (χ4n) is 4.15. The lowest BCUT2D eigenvalue weighted by molar-refractivity contribution is 0.0495. The monoisotopic (exact) mass is 563 g/mol. The summed E-state index contributed by atoms with van der Waals surface area (Å²) in [4.78, 5) is 48.0. The first kappa shape index (κ1) is 28.8. The molecule has 4 aromatic rings. The quantitative estimate of drug-likeness (QED) is 0.252. The third kappa shape index (κ3) is 6.66. The number of carbonyl (C=O) groups excluding carboxylic acids is 2. The van der Waals surface area contributed by atoms with Gasteiger partial charge in [0.15, 0.2) is 10.8 Å². The fourth-order valence-corrected chi connectivity index (χ4v) is 4.83. The van der Waals surface area contributed by atoms with E-state index in [0.717, 1.165) is 0 Å².